The molecule has 2 unspecified atom stereocenters. The fourth-order valence-electron chi connectivity index (χ4n) is 1.77. The topological polar surface area (TPSA) is 64.8 Å². The van der Waals surface area contributed by atoms with Crippen molar-refractivity contribution in [2.75, 3.05) is 33.4 Å². The van der Waals surface area contributed by atoms with Crippen LogP contribution in [0.15, 0.2) is 0 Å². The second-order valence-electron chi connectivity index (χ2n) is 3.80. The van der Waals surface area contributed by atoms with Crippen LogP contribution in [0.5, 0.6) is 0 Å². The first-order valence-corrected chi connectivity index (χ1v) is 5.32. The molecule has 0 spiro atoms. The third-order valence-corrected chi connectivity index (χ3v) is 2.77. The number of hydrogen-bond donors (Lipinski definition) is 1. The highest BCUT2D eigenvalue weighted by molar-refractivity contribution is 5.74. The van der Waals surface area contributed by atoms with Gasteiger partial charge in [0.25, 0.3) is 0 Å². The molecule has 1 fully saturated rings. The second kappa shape index (κ2) is 6.05. The molecule has 5 heteroatoms. The van der Waals surface area contributed by atoms with Crippen molar-refractivity contribution in [2.45, 2.75) is 25.5 Å². The Morgan fingerprint density at radius 3 is 3.07 bits per heavy atom. The molecular formula is C10H20N2O3. The highest BCUT2D eigenvalue weighted by Gasteiger charge is 2.29. The van der Waals surface area contributed by atoms with Crippen LogP contribution in [-0.2, 0) is 14.3 Å². The molecule has 88 valence electrons. The highest BCUT2D eigenvalue weighted by atomic mass is 16.6. The minimum absolute atomic E-state index is 0.292. The quantitative estimate of drug-likeness (QED) is 0.648. The van der Waals surface area contributed by atoms with Crippen molar-refractivity contribution in [1.82, 2.24) is 4.90 Å². The van der Waals surface area contributed by atoms with Gasteiger partial charge in [-0.1, -0.05) is 0 Å². The Morgan fingerprint density at radius 1 is 1.73 bits per heavy atom. The minimum atomic E-state index is -0.441. The molecule has 0 aromatic rings. The van der Waals surface area contributed by atoms with Crippen LogP contribution in [0.3, 0.4) is 0 Å². The first-order chi connectivity index (χ1) is 7.19. The van der Waals surface area contributed by atoms with E-state index in [-0.39, 0.29) is 5.97 Å². The maximum absolute atomic E-state index is 11.3. The molecule has 5 nitrogen and oxygen atoms in total. The Hall–Kier alpha value is -0.650. The number of nitrogens with zero attached hydrogens (tertiary/aromatic N) is 1. The maximum Gasteiger partial charge on any atom is 0.336 e. The number of ether oxygens (including phenoxy) is 2. The van der Waals surface area contributed by atoms with Crippen LogP contribution < -0.4 is 5.73 Å². The smallest absolute Gasteiger partial charge is 0.336 e. The van der Waals surface area contributed by atoms with E-state index in [1.807, 2.05) is 0 Å². The van der Waals surface area contributed by atoms with Crippen molar-refractivity contribution in [3.05, 3.63) is 0 Å². The Balaban J connectivity index is 2.44. The summed E-state index contributed by atoms with van der Waals surface area (Å²) < 4.78 is 10.0. The summed E-state index contributed by atoms with van der Waals surface area (Å²) >= 11 is 0. The third kappa shape index (κ3) is 3.44. The second-order valence-corrected chi connectivity index (χ2v) is 3.80. The lowest BCUT2D eigenvalue weighted by Crippen LogP contribution is -2.50. The molecule has 1 heterocycles. The summed E-state index contributed by atoms with van der Waals surface area (Å²) in [6.07, 6.45) is 0.498. The van der Waals surface area contributed by atoms with Gasteiger partial charge < -0.3 is 15.2 Å². The number of nitrogens with two attached hydrogens (primary N) is 1. The monoisotopic (exact) mass is 216 g/mol. The van der Waals surface area contributed by atoms with E-state index in [1.165, 1.54) is 7.11 Å². The van der Waals surface area contributed by atoms with Gasteiger partial charge in [-0.25, -0.2) is 4.79 Å². The Morgan fingerprint density at radius 2 is 2.47 bits per heavy atom. The van der Waals surface area contributed by atoms with Crippen LogP contribution >= 0.6 is 0 Å². The zero-order chi connectivity index (χ0) is 11.3. The molecule has 15 heavy (non-hydrogen) atoms. The van der Waals surface area contributed by atoms with Gasteiger partial charge in [0.15, 0.2) is 6.10 Å². The largest absolute Gasteiger partial charge is 0.467 e. The highest BCUT2D eigenvalue weighted by Crippen LogP contribution is 2.11. The van der Waals surface area contributed by atoms with Gasteiger partial charge in [0.2, 0.25) is 0 Å². The molecule has 1 rings (SSSR count). The van der Waals surface area contributed by atoms with E-state index in [9.17, 15) is 4.79 Å². The normalized spacial score (nSPS) is 24.9. The average molecular weight is 216 g/mol. The number of carbonyl (C=O) groups is 1. The lowest BCUT2D eigenvalue weighted by atomic mass is 10.1. The zero-order valence-corrected chi connectivity index (χ0v) is 9.44. The molecule has 0 bridgehead atoms. The summed E-state index contributed by atoms with van der Waals surface area (Å²) in [7, 11) is 1.38. The van der Waals surface area contributed by atoms with E-state index in [2.05, 4.69) is 16.6 Å². The Bertz CT molecular complexity index is 211. The molecule has 0 aromatic heterocycles. The van der Waals surface area contributed by atoms with Crippen molar-refractivity contribution in [3.8, 4) is 0 Å². The van der Waals surface area contributed by atoms with Crippen LogP contribution in [-0.4, -0.2) is 56.4 Å². The standard InChI is InChI=1S/C10H20N2O3/c1-8(3-4-11)12-5-6-15-9(7-12)10(13)14-2/h8-9H,3-7,11H2,1-2H3. The van der Waals surface area contributed by atoms with E-state index < -0.39 is 6.10 Å². The number of hydrogen-bond acceptors (Lipinski definition) is 5. The van der Waals surface area contributed by atoms with E-state index in [0.29, 0.717) is 25.7 Å². The summed E-state index contributed by atoms with van der Waals surface area (Å²) in [5.41, 5.74) is 5.51. The molecule has 2 N–H and O–H groups in total. The molecule has 1 saturated heterocycles. The average Bonchev–Trinajstić information content (AvgIpc) is 2.28. The molecule has 1 aliphatic heterocycles. The summed E-state index contributed by atoms with van der Waals surface area (Å²) in [4.78, 5) is 13.5. The maximum atomic E-state index is 11.3. The zero-order valence-electron chi connectivity index (χ0n) is 9.44. The molecular weight excluding hydrogens is 196 g/mol. The molecule has 0 aromatic carbocycles. The van der Waals surface area contributed by atoms with E-state index in [4.69, 9.17) is 10.5 Å². The van der Waals surface area contributed by atoms with Gasteiger partial charge in [-0.05, 0) is 19.9 Å². The Labute approximate surface area is 90.5 Å². The molecule has 2 atom stereocenters. The number of carbonyl (C=O) groups excluding carboxylic acids is 1. The molecule has 0 saturated carbocycles. The molecule has 0 radical (unpaired) electrons. The van der Waals surface area contributed by atoms with E-state index in [1.54, 1.807) is 0 Å². The summed E-state index contributed by atoms with van der Waals surface area (Å²) in [5.74, 6) is -0.292. The number of esters is 1. The van der Waals surface area contributed by atoms with Gasteiger partial charge in [-0.15, -0.1) is 0 Å². The van der Waals surface area contributed by atoms with Gasteiger partial charge in [0, 0.05) is 19.1 Å². The first kappa shape index (κ1) is 12.4. The van der Waals surface area contributed by atoms with Gasteiger partial charge in [-0.2, -0.15) is 0 Å². The SMILES string of the molecule is COC(=O)C1CN(C(C)CCN)CCO1. The van der Waals surface area contributed by atoms with Crippen molar-refractivity contribution in [1.29, 1.82) is 0 Å². The Kier molecular flexibility index (Phi) is 5.01. The predicted octanol–water partition coefficient (Wildman–Crippen LogP) is -0.402. The summed E-state index contributed by atoms with van der Waals surface area (Å²) in [6, 6.07) is 0.394. The van der Waals surface area contributed by atoms with Crippen molar-refractivity contribution < 1.29 is 14.3 Å². The van der Waals surface area contributed by atoms with E-state index in [0.717, 1.165) is 13.0 Å². The van der Waals surface area contributed by atoms with Gasteiger partial charge in [0.05, 0.1) is 13.7 Å². The number of methoxy groups -OCH3 is 1. The van der Waals surface area contributed by atoms with Crippen molar-refractivity contribution in [3.63, 3.8) is 0 Å². The summed E-state index contributed by atoms with van der Waals surface area (Å²) in [6.45, 7) is 4.82. The fourth-order valence-corrected chi connectivity index (χ4v) is 1.77. The molecule has 0 amide bonds. The van der Waals surface area contributed by atoms with Crippen molar-refractivity contribution in [2.24, 2.45) is 5.73 Å². The van der Waals surface area contributed by atoms with Crippen LogP contribution in [0.4, 0.5) is 0 Å². The van der Waals surface area contributed by atoms with Gasteiger partial charge >= 0.3 is 5.97 Å². The van der Waals surface area contributed by atoms with Crippen LogP contribution in [0, 0.1) is 0 Å². The van der Waals surface area contributed by atoms with Crippen molar-refractivity contribution >= 4 is 5.97 Å². The summed E-state index contributed by atoms with van der Waals surface area (Å²) in [5, 5.41) is 0. The number of rotatable bonds is 4. The van der Waals surface area contributed by atoms with Crippen LogP contribution in [0.25, 0.3) is 0 Å². The third-order valence-electron chi connectivity index (χ3n) is 2.77. The lowest BCUT2D eigenvalue weighted by Gasteiger charge is -2.35. The van der Waals surface area contributed by atoms with E-state index >= 15 is 0 Å². The number of morpholine rings is 1. The predicted molar refractivity (Wildman–Crippen MR) is 56.5 cm³/mol. The van der Waals surface area contributed by atoms with Crippen LogP contribution in [0.1, 0.15) is 13.3 Å². The lowest BCUT2D eigenvalue weighted by molar-refractivity contribution is -0.160. The fraction of sp³-hybridized carbons (Fsp3) is 0.900. The van der Waals surface area contributed by atoms with Crippen LogP contribution in [0.2, 0.25) is 0 Å². The minimum Gasteiger partial charge on any atom is -0.467 e. The van der Waals surface area contributed by atoms with Gasteiger partial charge in [-0.3, -0.25) is 4.90 Å². The molecule has 1 aliphatic rings. The molecule has 0 aliphatic carbocycles. The first-order valence-electron chi connectivity index (χ1n) is 5.32. The van der Waals surface area contributed by atoms with Gasteiger partial charge in [0.1, 0.15) is 0 Å².